The molecule has 0 heterocycles. The minimum Gasteiger partial charge on any atom is -0.481 e. The third-order valence-electron chi connectivity index (χ3n) is 3.37. The summed E-state index contributed by atoms with van der Waals surface area (Å²) in [7, 11) is 0. The number of benzene rings is 2. The Hall–Kier alpha value is -1.87. The highest BCUT2D eigenvalue weighted by molar-refractivity contribution is 6.31. The van der Waals surface area contributed by atoms with E-state index in [0.29, 0.717) is 5.56 Å². The summed E-state index contributed by atoms with van der Waals surface area (Å²) in [5.41, 5.74) is 1.25. The van der Waals surface area contributed by atoms with E-state index in [2.05, 4.69) is 0 Å². The highest BCUT2D eigenvalue weighted by atomic mass is 35.5. The first-order chi connectivity index (χ1) is 9.32. The van der Waals surface area contributed by atoms with Gasteiger partial charge in [0.1, 0.15) is 5.82 Å². The van der Waals surface area contributed by atoms with Gasteiger partial charge in [-0.1, -0.05) is 41.9 Å². The summed E-state index contributed by atoms with van der Waals surface area (Å²) in [6, 6.07) is 11.6. The molecule has 0 fully saturated rings. The van der Waals surface area contributed by atoms with Crippen LogP contribution in [0.4, 0.5) is 4.39 Å². The van der Waals surface area contributed by atoms with E-state index < -0.39 is 17.2 Å². The van der Waals surface area contributed by atoms with Crippen molar-refractivity contribution in [2.45, 2.75) is 19.3 Å². The van der Waals surface area contributed by atoms with Crippen LogP contribution in [0.1, 0.15) is 19.4 Å². The van der Waals surface area contributed by atoms with Crippen molar-refractivity contribution in [3.63, 3.8) is 0 Å². The third kappa shape index (κ3) is 2.68. The number of carboxylic acids is 1. The molecular formula is C16H14ClFO2. The molecule has 0 aliphatic rings. The molecule has 0 atom stereocenters. The minimum absolute atomic E-state index is 0.0467. The molecule has 0 spiro atoms. The lowest BCUT2D eigenvalue weighted by Gasteiger charge is -2.20. The molecule has 4 heteroatoms. The van der Waals surface area contributed by atoms with Crippen LogP contribution >= 0.6 is 11.6 Å². The molecule has 0 aliphatic carbocycles. The van der Waals surface area contributed by atoms with Crippen molar-refractivity contribution in [2.24, 2.45) is 0 Å². The number of aliphatic carboxylic acids is 1. The Balaban J connectivity index is 2.49. The van der Waals surface area contributed by atoms with Crippen LogP contribution in [0.5, 0.6) is 0 Å². The lowest BCUT2D eigenvalue weighted by atomic mass is 9.83. The lowest BCUT2D eigenvalue weighted by molar-refractivity contribution is -0.142. The van der Waals surface area contributed by atoms with Crippen LogP contribution < -0.4 is 0 Å². The van der Waals surface area contributed by atoms with Gasteiger partial charge >= 0.3 is 5.97 Å². The van der Waals surface area contributed by atoms with Crippen molar-refractivity contribution in [2.75, 3.05) is 0 Å². The standard InChI is InChI=1S/C16H14ClFO2/c1-16(2,15(19)20)12-5-3-4-10(8-12)11-6-7-14(18)13(17)9-11/h3-9H,1-2H3,(H,19,20). The summed E-state index contributed by atoms with van der Waals surface area (Å²) < 4.78 is 13.2. The van der Waals surface area contributed by atoms with Crippen LogP contribution in [0.25, 0.3) is 11.1 Å². The van der Waals surface area contributed by atoms with E-state index in [0.717, 1.165) is 11.1 Å². The second-order valence-electron chi connectivity index (χ2n) is 5.14. The van der Waals surface area contributed by atoms with Crippen LogP contribution in [-0.4, -0.2) is 11.1 Å². The molecule has 0 bridgehead atoms. The van der Waals surface area contributed by atoms with Gasteiger partial charge in [-0.15, -0.1) is 0 Å². The molecule has 0 saturated heterocycles. The number of hydrogen-bond donors (Lipinski definition) is 1. The number of carbonyl (C=O) groups is 1. The van der Waals surface area contributed by atoms with Gasteiger partial charge in [0.25, 0.3) is 0 Å². The van der Waals surface area contributed by atoms with E-state index >= 15 is 0 Å². The number of carboxylic acid groups (broad SMARTS) is 1. The quantitative estimate of drug-likeness (QED) is 0.904. The molecule has 2 rings (SSSR count). The zero-order valence-corrected chi connectivity index (χ0v) is 11.9. The van der Waals surface area contributed by atoms with Gasteiger partial charge in [-0.25, -0.2) is 4.39 Å². The van der Waals surface area contributed by atoms with E-state index in [1.165, 1.54) is 12.1 Å². The van der Waals surface area contributed by atoms with Gasteiger partial charge in [0, 0.05) is 0 Å². The van der Waals surface area contributed by atoms with E-state index in [1.807, 2.05) is 6.07 Å². The molecule has 20 heavy (non-hydrogen) atoms. The SMILES string of the molecule is CC(C)(C(=O)O)c1cccc(-c2ccc(F)c(Cl)c2)c1. The zero-order chi connectivity index (χ0) is 14.9. The monoisotopic (exact) mass is 292 g/mol. The van der Waals surface area contributed by atoms with E-state index in [4.69, 9.17) is 11.6 Å². The lowest BCUT2D eigenvalue weighted by Crippen LogP contribution is -2.28. The normalized spacial score (nSPS) is 11.4. The Labute approximate surface area is 121 Å². The van der Waals surface area contributed by atoms with Gasteiger partial charge in [0.2, 0.25) is 0 Å². The zero-order valence-electron chi connectivity index (χ0n) is 11.2. The molecule has 2 aromatic carbocycles. The second-order valence-corrected chi connectivity index (χ2v) is 5.55. The van der Waals surface area contributed by atoms with Crippen molar-refractivity contribution in [3.8, 4) is 11.1 Å². The highest BCUT2D eigenvalue weighted by Gasteiger charge is 2.29. The van der Waals surface area contributed by atoms with Crippen LogP contribution in [0.2, 0.25) is 5.02 Å². The molecule has 2 aromatic rings. The number of rotatable bonds is 3. The molecule has 2 nitrogen and oxygen atoms in total. The summed E-state index contributed by atoms with van der Waals surface area (Å²) in [6.45, 7) is 3.29. The van der Waals surface area contributed by atoms with Gasteiger partial charge < -0.3 is 5.11 Å². The van der Waals surface area contributed by atoms with Crippen molar-refractivity contribution >= 4 is 17.6 Å². The van der Waals surface area contributed by atoms with Crippen LogP contribution in [0, 0.1) is 5.82 Å². The molecular weight excluding hydrogens is 279 g/mol. The van der Waals surface area contributed by atoms with Crippen molar-refractivity contribution in [1.29, 1.82) is 0 Å². The van der Waals surface area contributed by atoms with Gasteiger partial charge in [0.05, 0.1) is 10.4 Å². The van der Waals surface area contributed by atoms with Gasteiger partial charge in [-0.3, -0.25) is 4.79 Å². The van der Waals surface area contributed by atoms with E-state index in [9.17, 15) is 14.3 Å². The molecule has 0 aliphatic heterocycles. The Morgan fingerprint density at radius 2 is 1.80 bits per heavy atom. The maximum atomic E-state index is 13.2. The second kappa shape index (κ2) is 5.25. The molecule has 0 unspecified atom stereocenters. The fourth-order valence-corrected chi connectivity index (χ4v) is 2.07. The summed E-state index contributed by atoms with van der Waals surface area (Å²) in [6.07, 6.45) is 0. The van der Waals surface area contributed by atoms with Crippen LogP contribution in [0.3, 0.4) is 0 Å². The fraction of sp³-hybridized carbons (Fsp3) is 0.188. The Kier molecular flexibility index (Phi) is 3.82. The largest absolute Gasteiger partial charge is 0.481 e. The average molecular weight is 293 g/mol. The summed E-state index contributed by atoms with van der Waals surface area (Å²) in [4.78, 5) is 11.3. The molecule has 0 amide bonds. The third-order valence-corrected chi connectivity index (χ3v) is 3.66. The highest BCUT2D eigenvalue weighted by Crippen LogP contribution is 2.30. The average Bonchev–Trinajstić information content (AvgIpc) is 2.42. The minimum atomic E-state index is -0.986. The smallest absolute Gasteiger partial charge is 0.313 e. The molecule has 0 saturated carbocycles. The molecule has 104 valence electrons. The first kappa shape index (κ1) is 14.5. The Morgan fingerprint density at radius 1 is 1.15 bits per heavy atom. The summed E-state index contributed by atoms with van der Waals surface area (Å²) in [5, 5.41) is 9.31. The van der Waals surface area contributed by atoms with Crippen molar-refractivity contribution in [3.05, 3.63) is 58.9 Å². The summed E-state index contributed by atoms with van der Waals surface area (Å²) in [5.74, 6) is -1.37. The van der Waals surface area contributed by atoms with Crippen LogP contribution in [0.15, 0.2) is 42.5 Å². The maximum absolute atomic E-state index is 13.2. The molecule has 0 aromatic heterocycles. The maximum Gasteiger partial charge on any atom is 0.313 e. The molecule has 1 N–H and O–H groups in total. The number of halogens is 2. The fourth-order valence-electron chi connectivity index (χ4n) is 1.89. The Morgan fingerprint density at radius 3 is 2.40 bits per heavy atom. The first-order valence-electron chi connectivity index (χ1n) is 6.12. The topological polar surface area (TPSA) is 37.3 Å². The first-order valence-corrected chi connectivity index (χ1v) is 6.49. The van der Waals surface area contributed by atoms with E-state index in [-0.39, 0.29) is 5.02 Å². The van der Waals surface area contributed by atoms with Gasteiger partial charge in [-0.05, 0) is 42.7 Å². The van der Waals surface area contributed by atoms with Crippen LogP contribution in [-0.2, 0) is 10.2 Å². The van der Waals surface area contributed by atoms with Crippen molar-refractivity contribution < 1.29 is 14.3 Å². The predicted molar refractivity (Wildman–Crippen MR) is 77.5 cm³/mol. The van der Waals surface area contributed by atoms with Crippen molar-refractivity contribution in [1.82, 2.24) is 0 Å². The van der Waals surface area contributed by atoms with E-state index in [1.54, 1.807) is 38.1 Å². The van der Waals surface area contributed by atoms with Gasteiger partial charge in [-0.2, -0.15) is 0 Å². The molecule has 0 radical (unpaired) electrons. The predicted octanol–water partition coefficient (Wildman–Crippen LogP) is 4.51. The van der Waals surface area contributed by atoms with Gasteiger partial charge in [0.15, 0.2) is 0 Å². The number of hydrogen-bond acceptors (Lipinski definition) is 1. The summed E-state index contributed by atoms with van der Waals surface area (Å²) >= 11 is 5.77. The Bertz CT molecular complexity index is 665.